The number of carbonyl (C=O) groups is 1. The van der Waals surface area contributed by atoms with Gasteiger partial charge in [-0.15, -0.1) is 0 Å². The van der Waals surface area contributed by atoms with Gasteiger partial charge in [-0.3, -0.25) is 0 Å². The van der Waals surface area contributed by atoms with Crippen LogP contribution in [0.5, 0.6) is 11.5 Å². The number of anilines is 1. The molecular weight excluding hydrogens is 210 g/mol. The first-order chi connectivity index (χ1) is 7.62. The van der Waals surface area contributed by atoms with Crippen molar-refractivity contribution in [1.82, 2.24) is 0 Å². The van der Waals surface area contributed by atoms with Gasteiger partial charge < -0.3 is 20.5 Å². The summed E-state index contributed by atoms with van der Waals surface area (Å²) in [4.78, 5) is 10.7. The number of rotatable bonds is 3. The topological polar surface area (TPSA) is 97.4 Å². The summed E-state index contributed by atoms with van der Waals surface area (Å²) in [6.07, 6.45) is 0. The van der Waals surface area contributed by atoms with E-state index in [0.29, 0.717) is 11.5 Å². The number of nitrogens with one attached hydrogen (secondary N) is 1. The number of nitriles is 1. The Morgan fingerprint density at radius 2 is 1.94 bits per heavy atom. The molecule has 0 radical (unpaired) electrons. The van der Waals surface area contributed by atoms with Gasteiger partial charge in [-0.1, -0.05) is 0 Å². The summed E-state index contributed by atoms with van der Waals surface area (Å²) in [5.41, 5.74) is 5.51. The zero-order valence-electron chi connectivity index (χ0n) is 8.90. The molecule has 1 aromatic carbocycles. The molecule has 0 bridgehead atoms. The summed E-state index contributed by atoms with van der Waals surface area (Å²) >= 11 is 0. The number of methoxy groups -OCH3 is 2. The van der Waals surface area contributed by atoms with Gasteiger partial charge in [-0.2, -0.15) is 5.26 Å². The average molecular weight is 221 g/mol. The molecule has 0 unspecified atom stereocenters. The van der Waals surface area contributed by atoms with Gasteiger partial charge in [0.2, 0.25) is 0 Å². The van der Waals surface area contributed by atoms with Crippen molar-refractivity contribution in [3.8, 4) is 17.6 Å². The molecular formula is C10H11N3O3. The van der Waals surface area contributed by atoms with Gasteiger partial charge in [0.1, 0.15) is 6.07 Å². The highest BCUT2D eigenvalue weighted by atomic mass is 16.5. The molecule has 3 N–H and O–H groups in total. The van der Waals surface area contributed by atoms with Gasteiger partial charge in [0.05, 0.1) is 25.5 Å². The number of hydrogen-bond donors (Lipinski definition) is 2. The van der Waals surface area contributed by atoms with Crippen LogP contribution >= 0.6 is 0 Å². The molecule has 0 aliphatic rings. The number of hydrogen-bond acceptors (Lipinski definition) is 4. The van der Waals surface area contributed by atoms with Crippen molar-refractivity contribution >= 4 is 11.7 Å². The lowest BCUT2D eigenvalue weighted by molar-refractivity contribution is 0.259. The molecule has 0 aromatic heterocycles. The second-order valence-electron chi connectivity index (χ2n) is 2.85. The normalized spacial score (nSPS) is 9.06. The summed E-state index contributed by atoms with van der Waals surface area (Å²) in [5.74, 6) is 0.819. The fraction of sp³-hybridized carbons (Fsp3) is 0.200. The van der Waals surface area contributed by atoms with E-state index in [0.717, 1.165) is 0 Å². The second kappa shape index (κ2) is 4.89. The lowest BCUT2D eigenvalue weighted by Crippen LogP contribution is -2.20. The molecule has 0 saturated heterocycles. The third-order valence-corrected chi connectivity index (χ3v) is 1.90. The van der Waals surface area contributed by atoms with Crippen molar-refractivity contribution in [2.24, 2.45) is 5.73 Å². The first-order valence-electron chi connectivity index (χ1n) is 4.35. The highest BCUT2D eigenvalue weighted by Gasteiger charge is 2.11. The predicted octanol–water partition coefficient (Wildman–Crippen LogP) is 1.07. The fourth-order valence-electron chi connectivity index (χ4n) is 1.21. The van der Waals surface area contributed by atoms with Crippen LogP contribution in [0.4, 0.5) is 10.5 Å². The van der Waals surface area contributed by atoms with Crippen molar-refractivity contribution in [3.05, 3.63) is 17.7 Å². The monoisotopic (exact) mass is 221 g/mol. The van der Waals surface area contributed by atoms with E-state index in [-0.39, 0.29) is 11.3 Å². The number of ether oxygens (including phenoxy) is 2. The summed E-state index contributed by atoms with van der Waals surface area (Å²) in [7, 11) is 2.91. The molecule has 84 valence electrons. The van der Waals surface area contributed by atoms with Crippen LogP contribution < -0.4 is 20.5 Å². The second-order valence-corrected chi connectivity index (χ2v) is 2.85. The Balaban J connectivity index is 3.27. The van der Waals surface area contributed by atoms with Crippen LogP contribution in [0.15, 0.2) is 12.1 Å². The van der Waals surface area contributed by atoms with E-state index >= 15 is 0 Å². The maximum atomic E-state index is 10.7. The number of nitrogens with zero attached hydrogens (tertiary/aromatic N) is 1. The van der Waals surface area contributed by atoms with Gasteiger partial charge >= 0.3 is 6.03 Å². The number of urea groups is 1. The predicted molar refractivity (Wildman–Crippen MR) is 57.5 cm³/mol. The Kier molecular flexibility index (Phi) is 3.56. The SMILES string of the molecule is COc1cc(C#N)c(NC(N)=O)cc1OC. The number of primary amides is 1. The highest BCUT2D eigenvalue weighted by molar-refractivity contribution is 5.90. The smallest absolute Gasteiger partial charge is 0.316 e. The first kappa shape index (κ1) is 11.7. The van der Waals surface area contributed by atoms with E-state index in [2.05, 4.69) is 5.32 Å². The standard InChI is InChI=1S/C10H11N3O3/c1-15-8-3-6(5-11)7(13-10(12)14)4-9(8)16-2/h3-4H,1-2H3,(H3,12,13,14). The number of nitrogens with two attached hydrogens (primary N) is 1. The lowest BCUT2D eigenvalue weighted by atomic mass is 10.1. The minimum Gasteiger partial charge on any atom is -0.493 e. The van der Waals surface area contributed by atoms with Crippen LogP contribution in [-0.2, 0) is 0 Å². The minimum absolute atomic E-state index is 0.247. The van der Waals surface area contributed by atoms with Gasteiger partial charge in [-0.25, -0.2) is 4.79 Å². The van der Waals surface area contributed by atoms with Gasteiger partial charge in [0.15, 0.2) is 11.5 Å². The third-order valence-electron chi connectivity index (χ3n) is 1.90. The van der Waals surface area contributed by atoms with Crippen molar-refractivity contribution in [1.29, 1.82) is 5.26 Å². The molecule has 0 heterocycles. The van der Waals surface area contributed by atoms with Crippen LogP contribution in [0.2, 0.25) is 0 Å². The average Bonchev–Trinajstić information content (AvgIpc) is 2.27. The maximum absolute atomic E-state index is 10.7. The Morgan fingerprint density at radius 1 is 1.38 bits per heavy atom. The van der Waals surface area contributed by atoms with Gasteiger partial charge in [0.25, 0.3) is 0 Å². The van der Waals surface area contributed by atoms with Crippen LogP contribution in [0.1, 0.15) is 5.56 Å². The molecule has 16 heavy (non-hydrogen) atoms. The van der Waals surface area contributed by atoms with Crippen molar-refractivity contribution in [2.45, 2.75) is 0 Å². The molecule has 2 amide bonds. The molecule has 6 heteroatoms. The molecule has 1 rings (SSSR count). The molecule has 0 saturated carbocycles. The quantitative estimate of drug-likeness (QED) is 0.797. The highest BCUT2D eigenvalue weighted by Crippen LogP contribution is 2.32. The maximum Gasteiger partial charge on any atom is 0.316 e. The largest absolute Gasteiger partial charge is 0.493 e. The van der Waals surface area contributed by atoms with E-state index < -0.39 is 6.03 Å². The summed E-state index contributed by atoms with van der Waals surface area (Å²) in [6.45, 7) is 0. The van der Waals surface area contributed by atoms with E-state index in [1.54, 1.807) is 0 Å². The Hall–Kier alpha value is -2.42. The van der Waals surface area contributed by atoms with Crippen LogP contribution in [0.25, 0.3) is 0 Å². The van der Waals surface area contributed by atoms with Gasteiger partial charge in [0, 0.05) is 12.1 Å². The number of carbonyl (C=O) groups excluding carboxylic acids is 1. The molecule has 0 aliphatic heterocycles. The molecule has 0 aliphatic carbocycles. The Labute approximate surface area is 92.6 Å². The van der Waals surface area contributed by atoms with E-state index in [1.165, 1.54) is 26.4 Å². The zero-order valence-corrected chi connectivity index (χ0v) is 8.90. The number of amides is 2. The van der Waals surface area contributed by atoms with E-state index in [9.17, 15) is 4.79 Å². The summed E-state index contributed by atoms with van der Waals surface area (Å²) < 4.78 is 10.1. The van der Waals surface area contributed by atoms with Crippen LogP contribution in [0, 0.1) is 11.3 Å². The molecule has 0 atom stereocenters. The minimum atomic E-state index is -0.747. The van der Waals surface area contributed by atoms with Crippen molar-refractivity contribution in [3.63, 3.8) is 0 Å². The number of benzene rings is 1. The van der Waals surface area contributed by atoms with Crippen LogP contribution in [0.3, 0.4) is 0 Å². The molecule has 0 fully saturated rings. The molecule has 1 aromatic rings. The first-order valence-corrected chi connectivity index (χ1v) is 4.35. The summed E-state index contributed by atoms with van der Waals surface area (Å²) in [6, 6.07) is 4.11. The zero-order chi connectivity index (χ0) is 12.1. The van der Waals surface area contributed by atoms with E-state index in [1.807, 2.05) is 6.07 Å². The van der Waals surface area contributed by atoms with Gasteiger partial charge in [-0.05, 0) is 0 Å². The van der Waals surface area contributed by atoms with Crippen LogP contribution in [-0.4, -0.2) is 20.3 Å². The summed E-state index contributed by atoms with van der Waals surface area (Å²) in [5, 5.41) is 11.2. The lowest BCUT2D eigenvalue weighted by Gasteiger charge is -2.11. The molecule has 6 nitrogen and oxygen atoms in total. The molecule has 0 spiro atoms. The van der Waals surface area contributed by atoms with Crippen molar-refractivity contribution in [2.75, 3.05) is 19.5 Å². The Morgan fingerprint density at radius 3 is 2.38 bits per heavy atom. The third kappa shape index (κ3) is 2.33. The van der Waals surface area contributed by atoms with Crippen molar-refractivity contribution < 1.29 is 14.3 Å². The Bertz CT molecular complexity index is 451. The van der Waals surface area contributed by atoms with E-state index in [4.69, 9.17) is 20.5 Å². The fourth-order valence-corrected chi connectivity index (χ4v) is 1.21.